The van der Waals surface area contributed by atoms with Crippen molar-refractivity contribution in [2.45, 2.75) is 12.8 Å². The molecule has 3 heteroatoms. The normalized spacial score (nSPS) is 10.9. The first kappa shape index (κ1) is 9.09. The molecule has 0 saturated heterocycles. The second-order valence-electron chi connectivity index (χ2n) is 3.33. The Bertz CT molecular complexity index is 434. The zero-order valence-corrected chi connectivity index (χ0v) is 7.86. The summed E-state index contributed by atoms with van der Waals surface area (Å²) in [6.45, 7) is 0.685. The molecule has 0 aliphatic carbocycles. The Labute approximate surface area is 82.1 Å². The topological polar surface area (TPSA) is 59.4 Å². The molecule has 0 bridgehead atoms. The number of aromatic hydroxyl groups is 1. The monoisotopic (exact) mass is 191 g/mol. The lowest BCUT2D eigenvalue weighted by Gasteiger charge is -1.95. The Morgan fingerprint density at radius 2 is 2.21 bits per heavy atom. The van der Waals surface area contributed by atoms with Crippen molar-refractivity contribution in [2.75, 3.05) is 6.54 Å². The predicted octanol–water partition coefficient (Wildman–Crippen LogP) is 2.03. The quantitative estimate of drug-likeness (QED) is 0.780. The highest BCUT2D eigenvalue weighted by atomic mass is 16.3. The number of aryl methyl sites for hydroxylation is 1. The first-order valence-corrected chi connectivity index (χ1v) is 4.70. The molecule has 14 heavy (non-hydrogen) atoms. The Hall–Kier alpha value is -1.48. The summed E-state index contributed by atoms with van der Waals surface area (Å²) in [5, 5.41) is 10.3. The van der Waals surface area contributed by atoms with E-state index in [0.717, 1.165) is 29.4 Å². The van der Waals surface area contributed by atoms with Gasteiger partial charge in [-0.3, -0.25) is 0 Å². The molecule has 2 rings (SSSR count). The Balaban J connectivity index is 2.37. The van der Waals surface area contributed by atoms with E-state index in [-0.39, 0.29) is 5.75 Å². The molecule has 0 unspecified atom stereocenters. The van der Waals surface area contributed by atoms with Crippen LogP contribution in [0.1, 0.15) is 12.0 Å². The zero-order valence-electron chi connectivity index (χ0n) is 7.86. The average molecular weight is 191 g/mol. The van der Waals surface area contributed by atoms with E-state index in [1.807, 2.05) is 6.07 Å². The Morgan fingerprint density at radius 3 is 3.00 bits per heavy atom. The minimum atomic E-state index is 0.234. The van der Waals surface area contributed by atoms with E-state index in [2.05, 4.69) is 0 Å². The fourth-order valence-electron chi connectivity index (χ4n) is 1.56. The standard InChI is InChI=1S/C11H13NO2/c12-5-1-2-8-7-14-11-6-9(13)3-4-10(8)11/h3-4,6-7,13H,1-2,5,12H2. The molecule has 0 fully saturated rings. The van der Waals surface area contributed by atoms with Crippen LogP contribution in [0.4, 0.5) is 0 Å². The fraction of sp³-hybridized carbons (Fsp3) is 0.273. The summed E-state index contributed by atoms with van der Waals surface area (Å²) in [6, 6.07) is 5.17. The van der Waals surface area contributed by atoms with Crippen molar-refractivity contribution in [3.63, 3.8) is 0 Å². The molecule has 0 amide bonds. The molecule has 0 aliphatic rings. The summed E-state index contributed by atoms with van der Waals surface area (Å²) in [7, 11) is 0. The third-order valence-corrected chi connectivity index (χ3v) is 2.29. The van der Waals surface area contributed by atoms with Crippen LogP contribution < -0.4 is 5.73 Å². The second kappa shape index (κ2) is 3.72. The molecule has 2 aromatic rings. The van der Waals surface area contributed by atoms with Gasteiger partial charge in [-0.05, 0) is 37.1 Å². The number of hydrogen-bond donors (Lipinski definition) is 2. The van der Waals surface area contributed by atoms with Crippen LogP contribution in [0.3, 0.4) is 0 Å². The van der Waals surface area contributed by atoms with Gasteiger partial charge in [0.1, 0.15) is 11.3 Å². The van der Waals surface area contributed by atoms with Crippen molar-refractivity contribution in [3.05, 3.63) is 30.0 Å². The maximum Gasteiger partial charge on any atom is 0.137 e. The van der Waals surface area contributed by atoms with E-state index in [1.165, 1.54) is 0 Å². The first-order valence-electron chi connectivity index (χ1n) is 4.70. The van der Waals surface area contributed by atoms with Crippen molar-refractivity contribution in [3.8, 4) is 5.75 Å². The number of rotatable bonds is 3. The summed E-state index contributed by atoms with van der Waals surface area (Å²) in [5.74, 6) is 0.234. The SMILES string of the molecule is NCCCc1coc2cc(O)ccc12. The van der Waals surface area contributed by atoms with E-state index in [4.69, 9.17) is 10.2 Å². The molecular formula is C11H13NO2. The first-order chi connectivity index (χ1) is 6.81. The molecular weight excluding hydrogens is 178 g/mol. The van der Waals surface area contributed by atoms with Crippen LogP contribution >= 0.6 is 0 Å². The number of nitrogens with two attached hydrogens (primary N) is 1. The van der Waals surface area contributed by atoms with Gasteiger partial charge in [-0.1, -0.05) is 0 Å². The number of furan rings is 1. The lowest BCUT2D eigenvalue weighted by atomic mass is 10.1. The van der Waals surface area contributed by atoms with Gasteiger partial charge in [0.2, 0.25) is 0 Å². The molecule has 3 N–H and O–H groups in total. The molecule has 1 heterocycles. The largest absolute Gasteiger partial charge is 0.508 e. The Morgan fingerprint density at radius 1 is 1.36 bits per heavy atom. The lowest BCUT2D eigenvalue weighted by molar-refractivity contribution is 0.474. The molecule has 0 saturated carbocycles. The van der Waals surface area contributed by atoms with Crippen molar-refractivity contribution in [2.24, 2.45) is 5.73 Å². The third-order valence-electron chi connectivity index (χ3n) is 2.29. The molecule has 0 atom stereocenters. The van der Waals surface area contributed by atoms with E-state index < -0.39 is 0 Å². The smallest absolute Gasteiger partial charge is 0.137 e. The summed E-state index contributed by atoms with van der Waals surface area (Å²) in [4.78, 5) is 0. The second-order valence-corrected chi connectivity index (χ2v) is 3.33. The number of benzene rings is 1. The van der Waals surface area contributed by atoms with Gasteiger partial charge < -0.3 is 15.3 Å². The zero-order chi connectivity index (χ0) is 9.97. The summed E-state index contributed by atoms with van der Waals surface area (Å²) >= 11 is 0. The summed E-state index contributed by atoms with van der Waals surface area (Å²) in [5.41, 5.74) is 7.33. The van der Waals surface area contributed by atoms with E-state index in [1.54, 1.807) is 18.4 Å². The van der Waals surface area contributed by atoms with Crippen LogP contribution in [0.5, 0.6) is 5.75 Å². The van der Waals surface area contributed by atoms with Gasteiger partial charge in [-0.25, -0.2) is 0 Å². The molecule has 0 spiro atoms. The van der Waals surface area contributed by atoms with Crippen molar-refractivity contribution in [1.82, 2.24) is 0 Å². The van der Waals surface area contributed by atoms with Crippen molar-refractivity contribution >= 4 is 11.0 Å². The van der Waals surface area contributed by atoms with Gasteiger partial charge in [-0.2, -0.15) is 0 Å². The van der Waals surface area contributed by atoms with Crippen LogP contribution in [0.25, 0.3) is 11.0 Å². The maximum atomic E-state index is 9.24. The molecule has 74 valence electrons. The van der Waals surface area contributed by atoms with Gasteiger partial charge in [0.25, 0.3) is 0 Å². The molecule has 1 aromatic heterocycles. The highest BCUT2D eigenvalue weighted by Gasteiger charge is 2.05. The van der Waals surface area contributed by atoms with Gasteiger partial charge in [0, 0.05) is 11.5 Å². The molecule has 1 aromatic carbocycles. The minimum absolute atomic E-state index is 0.234. The van der Waals surface area contributed by atoms with Crippen LogP contribution in [0, 0.1) is 0 Å². The fourth-order valence-corrected chi connectivity index (χ4v) is 1.56. The van der Waals surface area contributed by atoms with Crippen LogP contribution in [0.15, 0.2) is 28.9 Å². The average Bonchev–Trinajstić information content (AvgIpc) is 2.57. The third kappa shape index (κ3) is 1.59. The van der Waals surface area contributed by atoms with Gasteiger partial charge >= 0.3 is 0 Å². The van der Waals surface area contributed by atoms with Gasteiger partial charge in [-0.15, -0.1) is 0 Å². The molecule has 3 nitrogen and oxygen atoms in total. The van der Waals surface area contributed by atoms with E-state index in [0.29, 0.717) is 6.54 Å². The number of hydrogen-bond acceptors (Lipinski definition) is 3. The number of phenolic OH excluding ortho intramolecular Hbond substituents is 1. The van der Waals surface area contributed by atoms with Crippen molar-refractivity contribution in [1.29, 1.82) is 0 Å². The summed E-state index contributed by atoms with van der Waals surface area (Å²) in [6.07, 6.45) is 3.61. The van der Waals surface area contributed by atoms with Gasteiger partial charge in [0.05, 0.1) is 6.26 Å². The molecule has 0 radical (unpaired) electrons. The Kier molecular flexibility index (Phi) is 2.41. The predicted molar refractivity (Wildman–Crippen MR) is 55.3 cm³/mol. The van der Waals surface area contributed by atoms with E-state index in [9.17, 15) is 5.11 Å². The van der Waals surface area contributed by atoms with Gasteiger partial charge in [0.15, 0.2) is 0 Å². The maximum absolute atomic E-state index is 9.24. The minimum Gasteiger partial charge on any atom is -0.508 e. The lowest BCUT2D eigenvalue weighted by Crippen LogP contribution is -1.99. The van der Waals surface area contributed by atoms with Crippen molar-refractivity contribution < 1.29 is 9.52 Å². The van der Waals surface area contributed by atoms with Crippen LogP contribution in [-0.4, -0.2) is 11.7 Å². The highest BCUT2D eigenvalue weighted by Crippen LogP contribution is 2.25. The number of phenols is 1. The van der Waals surface area contributed by atoms with E-state index >= 15 is 0 Å². The summed E-state index contributed by atoms with van der Waals surface area (Å²) < 4.78 is 5.33. The molecule has 0 aliphatic heterocycles. The number of fused-ring (bicyclic) bond motifs is 1. The highest BCUT2D eigenvalue weighted by molar-refractivity contribution is 5.82. The van der Waals surface area contributed by atoms with Crippen LogP contribution in [0.2, 0.25) is 0 Å². The van der Waals surface area contributed by atoms with Crippen LogP contribution in [-0.2, 0) is 6.42 Å².